The van der Waals surface area contributed by atoms with Crippen LogP contribution < -0.4 is 5.84 Å². The van der Waals surface area contributed by atoms with E-state index in [0.717, 1.165) is 0 Å². The standard InChI is InChI=1S/C7H10N4/c1-3-4-7-10-5-9-6(2)11(7)8/h3-5H,1,8H2,2H3/b7-4-. The van der Waals surface area contributed by atoms with Gasteiger partial charge in [-0.25, -0.2) is 20.8 Å². The molecule has 1 aliphatic rings. The number of hydrogen-bond acceptors (Lipinski definition) is 4. The Morgan fingerprint density at radius 3 is 3.09 bits per heavy atom. The fourth-order valence-electron chi connectivity index (χ4n) is 0.690. The van der Waals surface area contributed by atoms with Crippen LogP contribution >= 0.6 is 0 Å². The first-order valence-electron chi connectivity index (χ1n) is 3.20. The molecular weight excluding hydrogens is 140 g/mol. The Balaban J connectivity index is 2.89. The van der Waals surface area contributed by atoms with Gasteiger partial charge in [0.15, 0.2) is 0 Å². The van der Waals surface area contributed by atoms with E-state index in [-0.39, 0.29) is 0 Å². The molecule has 0 aromatic carbocycles. The van der Waals surface area contributed by atoms with Crippen molar-refractivity contribution in [1.82, 2.24) is 5.01 Å². The third kappa shape index (κ3) is 1.53. The van der Waals surface area contributed by atoms with Gasteiger partial charge in [-0.1, -0.05) is 12.7 Å². The maximum atomic E-state index is 5.58. The second-order valence-corrected chi connectivity index (χ2v) is 2.05. The monoisotopic (exact) mass is 150 g/mol. The van der Waals surface area contributed by atoms with Crippen LogP contribution in [0.25, 0.3) is 0 Å². The molecule has 0 aromatic rings. The minimum atomic E-state index is 0.646. The lowest BCUT2D eigenvalue weighted by atomic mass is 10.5. The van der Waals surface area contributed by atoms with Gasteiger partial charge in [0.2, 0.25) is 0 Å². The van der Waals surface area contributed by atoms with Gasteiger partial charge in [-0.15, -0.1) is 0 Å². The highest BCUT2D eigenvalue weighted by atomic mass is 15.5. The first-order chi connectivity index (χ1) is 5.25. The maximum absolute atomic E-state index is 5.58. The molecule has 2 N–H and O–H groups in total. The number of hydrogen-bond donors (Lipinski definition) is 1. The van der Waals surface area contributed by atoms with Crippen molar-refractivity contribution in [3.63, 3.8) is 0 Å². The van der Waals surface area contributed by atoms with Crippen molar-refractivity contribution < 1.29 is 0 Å². The summed E-state index contributed by atoms with van der Waals surface area (Å²) in [5, 5.41) is 1.40. The van der Waals surface area contributed by atoms with Gasteiger partial charge in [0.25, 0.3) is 0 Å². The zero-order valence-corrected chi connectivity index (χ0v) is 6.36. The number of hydrazine groups is 1. The van der Waals surface area contributed by atoms with Crippen LogP contribution in [0.1, 0.15) is 6.92 Å². The van der Waals surface area contributed by atoms with Crippen molar-refractivity contribution in [3.05, 3.63) is 24.6 Å². The molecule has 0 aliphatic carbocycles. The molecule has 11 heavy (non-hydrogen) atoms. The summed E-state index contributed by atoms with van der Waals surface area (Å²) in [4.78, 5) is 7.82. The normalized spacial score (nSPS) is 20.4. The van der Waals surface area contributed by atoms with E-state index in [2.05, 4.69) is 16.6 Å². The van der Waals surface area contributed by atoms with E-state index in [1.165, 1.54) is 11.3 Å². The van der Waals surface area contributed by atoms with Crippen LogP contribution in [0.15, 0.2) is 34.5 Å². The molecule has 1 rings (SSSR count). The number of allylic oxidation sites excluding steroid dienone is 2. The molecule has 0 radical (unpaired) electrons. The third-order valence-electron chi connectivity index (χ3n) is 1.30. The number of amidine groups is 1. The second kappa shape index (κ2) is 3.12. The average molecular weight is 150 g/mol. The smallest absolute Gasteiger partial charge is 0.150 e. The number of aliphatic imine (C=N–C) groups is 2. The molecule has 0 amide bonds. The van der Waals surface area contributed by atoms with Gasteiger partial charge in [-0.3, -0.25) is 0 Å². The van der Waals surface area contributed by atoms with E-state index in [1.54, 1.807) is 12.2 Å². The van der Waals surface area contributed by atoms with E-state index in [0.29, 0.717) is 11.7 Å². The lowest BCUT2D eigenvalue weighted by molar-refractivity contribution is 0.531. The van der Waals surface area contributed by atoms with Crippen LogP contribution in [0.5, 0.6) is 0 Å². The molecule has 4 heteroatoms. The summed E-state index contributed by atoms with van der Waals surface area (Å²) in [6, 6.07) is 0. The highest BCUT2D eigenvalue weighted by Gasteiger charge is 2.08. The van der Waals surface area contributed by atoms with E-state index in [1.807, 2.05) is 6.92 Å². The highest BCUT2D eigenvalue weighted by Crippen LogP contribution is 2.05. The predicted molar refractivity (Wildman–Crippen MR) is 45.9 cm³/mol. The summed E-state index contributed by atoms with van der Waals surface area (Å²) in [6.45, 7) is 5.35. The predicted octanol–water partition coefficient (Wildman–Crippen LogP) is 0.650. The molecule has 0 unspecified atom stereocenters. The zero-order chi connectivity index (χ0) is 8.27. The summed E-state index contributed by atoms with van der Waals surface area (Å²) in [5.74, 6) is 6.94. The van der Waals surface area contributed by atoms with E-state index >= 15 is 0 Å². The van der Waals surface area contributed by atoms with Crippen LogP contribution in [0.3, 0.4) is 0 Å². The Kier molecular flexibility index (Phi) is 2.18. The fourth-order valence-corrected chi connectivity index (χ4v) is 0.690. The lowest BCUT2D eigenvalue weighted by Crippen LogP contribution is -2.35. The third-order valence-corrected chi connectivity index (χ3v) is 1.30. The first kappa shape index (κ1) is 7.68. The average Bonchev–Trinajstić information content (AvgIpc) is 1.99. The van der Waals surface area contributed by atoms with Crippen LogP contribution in [0.4, 0.5) is 0 Å². The largest absolute Gasteiger partial charge is 0.248 e. The highest BCUT2D eigenvalue weighted by molar-refractivity contribution is 5.89. The van der Waals surface area contributed by atoms with Crippen LogP contribution in [-0.4, -0.2) is 17.2 Å². The quantitative estimate of drug-likeness (QED) is 0.558. The van der Waals surface area contributed by atoms with Gasteiger partial charge >= 0.3 is 0 Å². The molecule has 0 fully saturated rings. The zero-order valence-electron chi connectivity index (χ0n) is 6.36. The summed E-state index contributed by atoms with van der Waals surface area (Å²) in [5.41, 5.74) is 0. The summed E-state index contributed by atoms with van der Waals surface area (Å²) >= 11 is 0. The molecule has 4 nitrogen and oxygen atoms in total. The Labute approximate surface area is 65.4 Å². The Bertz CT molecular complexity index is 249. The molecule has 1 aliphatic heterocycles. The lowest BCUT2D eigenvalue weighted by Gasteiger charge is -2.19. The molecule has 0 saturated carbocycles. The second-order valence-electron chi connectivity index (χ2n) is 2.05. The van der Waals surface area contributed by atoms with Gasteiger partial charge in [0.1, 0.15) is 18.0 Å². The van der Waals surface area contributed by atoms with E-state index < -0.39 is 0 Å². The van der Waals surface area contributed by atoms with Gasteiger partial charge in [0, 0.05) is 0 Å². The van der Waals surface area contributed by atoms with Crippen molar-refractivity contribution in [2.75, 3.05) is 0 Å². The van der Waals surface area contributed by atoms with Crippen LogP contribution in [0.2, 0.25) is 0 Å². The van der Waals surface area contributed by atoms with Crippen molar-refractivity contribution in [2.45, 2.75) is 6.92 Å². The van der Waals surface area contributed by atoms with Crippen LogP contribution in [0, 0.1) is 0 Å². The maximum Gasteiger partial charge on any atom is 0.150 e. The van der Waals surface area contributed by atoms with Crippen molar-refractivity contribution in [2.24, 2.45) is 15.8 Å². The molecular formula is C7H10N4. The Morgan fingerprint density at radius 1 is 1.73 bits per heavy atom. The minimum Gasteiger partial charge on any atom is -0.248 e. The van der Waals surface area contributed by atoms with Crippen molar-refractivity contribution in [1.29, 1.82) is 0 Å². The Morgan fingerprint density at radius 2 is 2.45 bits per heavy atom. The summed E-state index contributed by atoms with van der Waals surface area (Å²) in [6.07, 6.45) is 4.81. The first-order valence-corrected chi connectivity index (χ1v) is 3.20. The molecule has 1 heterocycles. The number of rotatable bonds is 1. The molecule has 0 bridgehead atoms. The van der Waals surface area contributed by atoms with E-state index in [4.69, 9.17) is 5.84 Å². The fraction of sp³-hybridized carbons (Fsp3) is 0.143. The van der Waals surface area contributed by atoms with Gasteiger partial charge < -0.3 is 0 Å². The van der Waals surface area contributed by atoms with Gasteiger partial charge in [-0.2, -0.15) is 0 Å². The SMILES string of the molecule is C=C/C=C1/N=CN=C(C)N1N. The van der Waals surface area contributed by atoms with Crippen LogP contribution in [-0.2, 0) is 0 Å². The van der Waals surface area contributed by atoms with Gasteiger partial charge in [0.05, 0.1) is 0 Å². The van der Waals surface area contributed by atoms with Crippen molar-refractivity contribution in [3.8, 4) is 0 Å². The molecule has 0 atom stereocenters. The molecule has 0 saturated heterocycles. The van der Waals surface area contributed by atoms with Crippen molar-refractivity contribution >= 4 is 12.2 Å². The molecule has 58 valence electrons. The Hall–Kier alpha value is -1.42. The number of nitrogens with two attached hydrogens (primary N) is 1. The minimum absolute atomic E-state index is 0.646. The van der Waals surface area contributed by atoms with Gasteiger partial charge in [-0.05, 0) is 13.0 Å². The molecule has 0 spiro atoms. The summed E-state index contributed by atoms with van der Waals surface area (Å²) in [7, 11) is 0. The molecule has 0 aromatic heterocycles. The topological polar surface area (TPSA) is 54.0 Å². The number of nitrogens with zero attached hydrogens (tertiary/aromatic N) is 3. The summed E-state index contributed by atoms with van der Waals surface area (Å²) < 4.78 is 0. The van der Waals surface area contributed by atoms with E-state index in [9.17, 15) is 0 Å².